The van der Waals surface area contributed by atoms with E-state index in [1.165, 1.54) is 6.92 Å². The molecule has 8 nitrogen and oxygen atoms in total. The van der Waals surface area contributed by atoms with Crippen LogP contribution in [0.15, 0.2) is 30.3 Å². The highest BCUT2D eigenvalue weighted by Gasteiger charge is 2.41. The van der Waals surface area contributed by atoms with Crippen LogP contribution in [0.25, 0.3) is 0 Å². The molecule has 0 heterocycles. The fourth-order valence-corrected chi connectivity index (χ4v) is 2.40. The number of rotatable bonds is 8. The molecule has 0 unspecified atom stereocenters. The maximum atomic E-state index is 12.1. The van der Waals surface area contributed by atoms with Crippen LogP contribution in [0.3, 0.4) is 0 Å². The number of aliphatic carboxylic acids is 1. The molecule has 136 valence electrons. The molecule has 2 atom stereocenters. The van der Waals surface area contributed by atoms with E-state index in [9.17, 15) is 24.3 Å². The highest BCUT2D eigenvalue weighted by atomic mass is 16.5. The predicted octanol–water partition coefficient (Wildman–Crippen LogP) is 0.397. The van der Waals surface area contributed by atoms with Gasteiger partial charge < -0.3 is 19.9 Å². The van der Waals surface area contributed by atoms with E-state index in [0.717, 1.165) is 14.2 Å². The molecule has 1 aromatic carbocycles. The molecule has 1 aromatic rings. The lowest BCUT2D eigenvalue weighted by Crippen LogP contribution is -2.50. The van der Waals surface area contributed by atoms with E-state index < -0.39 is 41.7 Å². The van der Waals surface area contributed by atoms with Gasteiger partial charge in [-0.15, -0.1) is 0 Å². The minimum Gasteiger partial charge on any atom is -0.480 e. The first-order valence-corrected chi connectivity index (χ1v) is 7.53. The molecular weight excluding hydrogens is 330 g/mol. The fraction of sp³-hybridized carbons (Fsp3) is 0.412. The zero-order chi connectivity index (χ0) is 19.0. The minimum absolute atomic E-state index is 0.0293. The summed E-state index contributed by atoms with van der Waals surface area (Å²) in [6.45, 7) is 1.36. The quantitative estimate of drug-likeness (QED) is 0.514. The largest absolute Gasteiger partial charge is 0.480 e. The molecule has 2 N–H and O–H groups in total. The molecular formula is C17H21NO7. The van der Waals surface area contributed by atoms with Gasteiger partial charge in [0.2, 0.25) is 5.91 Å². The topological polar surface area (TPSA) is 119 Å². The maximum absolute atomic E-state index is 12.1. The smallest absolute Gasteiger partial charge is 0.326 e. The number of hydrogen-bond donors (Lipinski definition) is 2. The van der Waals surface area contributed by atoms with E-state index in [-0.39, 0.29) is 6.42 Å². The first kappa shape index (κ1) is 20.1. The van der Waals surface area contributed by atoms with Crippen molar-refractivity contribution in [1.82, 2.24) is 5.32 Å². The second-order valence-corrected chi connectivity index (χ2v) is 5.43. The Morgan fingerprint density at radius 3 is 2.00 bits per heavy atom. The predicted molar refractivity (Wildman–Crippen MR) is 86.4 cm³/mol. The van der Waals surface area contributed by atoms with E-state index >= 15 is 0 Å². The van der Waals surface area contributed by atoms with Crippen LogP contribution in [0.1, 0.15) is 12.5 Å². The lowest BCUT2D eigenvalue weighted by Gasteiger charge is -2.26. The molecule has 0 saturated heterocycles. The van der Waals surface area contributed by atoms with Gasteiger partial charge in [-0.05, 0) is 5.56 Å². The average Bonchev–Trinajstić information content (AvgIpc) is 2.59. The average molecular weight is 351 g/mol. The third-order valence-corrected chi connectivity index (χ3v) is 3.75. The Morgan fingerprint density at radius 2 is 1.56 bits per heavy atom. The third kappa shape index (κ3) is 5.59. The number of ether oxygens (including phenoxy) is 2. The van der Waals surface area contributed by atoms with Crippen LogP contribution in [0, 0.1) is 11.8 Å². The molecule has 0 aromatic heterocycles. The van der Waals surface area contributed by atoms with Crippen molar-refractivity contribution < 1.29 is 33.8 Å². The third-order valence-electron chi connectivity index (χ3n) is 3.75. The molecule has 25 heavy (non-hydrogen) atoms. The Hall–Kier alpha value is -2.90. The van der Waals surface area contributed by atoms with Gasteiger partial charge >= 0.3 is 17.9 Å². The van der Waals surface area contributed by atoms with Crippen molar-refractivity contribution in [2.24, 2.45) is 11.8 Å². The highest BCUT2D eigenvalue weighted by molar-refractivity contribution is 5.96. The van der Waals surface area contributed by atoms with Gasteiger partial charge in [-0.1, -0.05) is 37.3 Å². The summed E-state index contributed by atoms with van der Waals surface area (Å²) < 4.78 is 9.08. The second-order valence-electron chi connectivity index (χ2n) is 5.43. The number of carboxylic acids is 1. The number of amides is 1. The number of benzene rings is 1. The van der Waals surface area contributed by atoms with Crippen molar-refractivity contribution in [3.05, 3.63) is 35.9 Å². The lowest BCUT2D eigenvalue weighted by atomic mass is 9.87. The number of hydrogen-bond acceptors (Lipinski definition) is 6. The number of carbonyl (C=O) groups is 4. The van der Waals surface area contributed by atoms with E-state index in [2.05, 4.69) is 14.8 Å². The molecule has 0 spiro atoms. The molecule has 0 aliphatic rings. The van der Waals surface area contributed by atoms with Crippen LogP contribution in [0.4, 0.5) is 0 Å². The Labute approximate surface area is 145 Å². The number of carbonyl (C=O) groups excluding carboxylic acids is 3. The van der Waals surface area contributed by atoms with E-state index in [4.69, 9.17) is 0 Å². The normalized spacial score (nSPS) is 12.8. The molecule has 0 bridgehead atoms. The van der Waals surface area contributed by atoms with Gasteiger partial charge in [-0.3, -0.25) is 14.4 Å². The van der Waals surface area contributed by atoms with Crippen molar-refractivity contribution in [2.45, 2.75) is 19.4 Å². The molecule has 0 aliphatic carbocycles. The second kappa shape index (κ2) is 9.41. The Kier molecular flexibility index (Phi) is 7.58. The molecule has 0 radical (unpaired) electrons. The van der Waals surface area contributed by atoms with Crippen LogP contribution in [-0.2, 0) is 35.1 Å². The Bertz CT molecular complexity index is 613. The van der Waals surface area contributed by atoms with Crippen molar-refractivity contribution in [1.29, 1.82) is 0 Å². The Morgan fingerprint density at radius 1 is 1.04 bits per heavy atom. The van der Waals surface area contributed by atoms with Crippen molar-refractivity contribution >= 4 is 23.8 Å². The molecule has 0 aliphatic heterocycles. The van der Waals surface area contributed by atoms with E-state index in [1.54, 1.807) is 30.3 Å². The van der Waals surface area contributed by atoms with Crippen LogP contribution in [0.2, 0.25) is 0 Å². The zero-order valence-electron chi connectivity index (χ0n) is 14.2. The van der Waals surface area contributed by atoms with Gasteiger partial charge in [0.1, 0.15) is 6.04 Å². The van der Waals surface area contributed by atoms with Crippen molar-refractivity contribution in [2.75, 3.05) is 14.2 Å². The first-order chi connectivity index (χ1) is 11.8. The first-order valence-electron chi connectivity index (χ1n) is 7.53. The molecule has 1 amide bonds. The van der Waals surface area contributed by atoms with Gasteiger partial charge in [-0.2, -0.15) is 0 Å². The number of carboxylic acid groups (broad SMARTS) is 1. The van der Waals surface area contributed by atoms with Crippen LogP contribution >= 0.6 is 0 Å². The number of methoxy groups -OCH3 is 2. The molecule has 1 rings (SSSR count). The SMILES string of the molecule is COC(=O)C(C(=O)OC)[C@@H](C)[C@@H](NC(=O)Cc1ccccc1)C(=O)O. The summed E-state index contributed by atoms with van der Waals surface area (Å²) in [6, 6.07) is 7.30. The molecule has 0 saturated carbocycles. The fourth-order valence-electron chi connectivity index (χ4n) is 2.40. The van der Waals surface area contributed by atoms with Gasteiger partial charge in [0.05, 0.1) is 20.6 Å². The monoisotopic (exact) mass is 351 g/mol. The summed E-state index contributed by atoms with van der Waals surface area (Å²) in [5.41, 5.74) is 0.703. The van der Waals surface area contributed by atoms with E-state index in [0.29, 0.717) is 5.56 Å². The standard InChI is InChI=1S/C17H21NO7/c1-10(13(16(22)24-2)17(23)25-3)14(15(20)21)18-12(19)9-11-7-5-4-6-8-11/h4-8,10,13-14H,9H2,1-3H3,(H,18,19)(H,20,21)/t10-,14-/m1/s1. The van der Waals surface area contributed by atoms with Gasteiger partial charge in [0.15, 0.2) is 5.92 Å². The lowest BCUT2D eigenvalue weighted by molar-refractivity contribution is -0.163. The van der Waals surface area contributed by atoms with Gasteiger partial charge in [-0.25, -0.2) is 4.79 Å². The summed E-state index contributed by atoms with van der Waals surface area (Å²) in [6.07, 6.45) is -0.0293. The summed E-state index contributed by atoms with van der Waals surface area (Å²) in [5.74, 6) is -6.30. The summed E-state index contributed by atoms with van der Waals surface area (Å²) >= 11 is 0. The number of nitrogens with one attached hydrogen (secondary N) is 1. The van der Waals surface area contributed by atoms with Gasteiger partial charge in [0.25, 0.3) is 0 Å². The maximum Gasteiger partial charge on any atom is 0.326 e. The van der Waals surface area contributed by atoms with E-state index in [1.807, 2.05) is 0 Å². The van der Waals surface area contributed by atoms with Gasteiger partial charge in [0, 0.05) is 5.92 Å². The van der Waals surface area contributed by atoms with Crippen molar-refractivity contribution in [3.8, 4) is 0 Å². The Balaban J connectivity index is 2.93. The summed E-state index contributed by atoms with van der Waals surface area (Å²) in [4.78, 5) is 47.3. The van der Waals surface area contributed by atoms with Crippen LogP contribution in [-0.4, -0.2) is 49.2 Å². The molecule has 8 heteroatoms. The molecule has 0 fully saturated rings. The highest BCUT2D eigenvalue weighted by Crippen LogP contribution is 2.20. The van der Waals surface area contributed by atoms with Crippen LogP contribution < -0.4 is 5.32 Å². The summed E-state index contributed by atoms with van der Waals surface area (Å²) in [7, 11) is 2.16. The number of esters is 2. The minimum atomic E-state index is -1.46. The zero-order valence-corrected chi connectivity index (χ0v) is 14.2. The summed E-state index contributed by atoms with van der Waals surface area (Å²) in [5, 5.41) is 11.7. The van der Waals surface area contributed by atoms with Crippen LogP contribution in [0.5, 0.6) is 0 Å². The van der Waals surface area contributed by atoms with Crippen molar-refractivity contribution in [3.63, 3.8) is 0 Å².